The number of allylic oxidation sites excluding steroid dienone is 1. The van der Waals surface area contributed by atoms with Crippen molar-refractivity contribution in [2.24, 2.45) is 5.10 Å². The minimum Gasteiger partial charge on any atom is -0.490 e. The first-order valence-corrected chi connectivity index (χ1v) is 13.2. The van der Waals surface area contributed by atoms with Crippen LogP contribution >= 0.6 is 23.2 Å². The molecule has 0 bridgehead atoms. The van der Waals surface area contributed by atoms with Gasteiger partial charge in [-0.05, 0) is 49.2 Å². The van der Waals surface area contributed by atoms with Gasteiger partial charge in [0.15, 0.2) is 30.1 Å². The zero-order valence-corrected chi connectivity index (χ0v) is 24.7. The van der Waals surface area contributed by atoms with Crippen LogP contribution in [0.5, 0.6) is 17.2 Å². The number of ether oxygens (including phenoxy) is 5. The second-order valence-corrected chi connectivity index (χ2v) is 9.41. The van der Waals surface area contributed by atoms with Crippen LogP contribution in [0.2, 0.25) is 10.0 Å². The molecule has 0 saturated heterocycles. The van der Waals surface area contributed by atoms with Crippen LogP contribution in [0, 0.1) is 0 Å². The highest BCUT2D eigenvalue weighted by Crippen LogP contribution is 2.35. The molecule has 0 fully saturated rings. The molecule has 0 unspecified atom stereocenters. The summed E-state index contributed by atoms with van der Waals surface area (Å²) in [5, 5.41) is 19.9. The Labute approximate surface area is 251 Å². The molecular weight excluding hydrogens is 595 g/mol. The normalized spacial score (nSPS) is 15.4. The summed E-state index contributed by atoms with van der Waals surface area (Å²) in [4.78, 5) is 35.8. The van der Waals surface area contributed by atoms with Gasteiger partial charge in [0.05, 0.1) is 48.7 Å². The summed E-state index contributed by atoms with van der Waals surface area (Å²) in [6.45, 7) is 3.13. The monoisotopic (exact) mass is 624 g/mol. The molecule has 1 aliphatic rings. The molecule has 226 valence electrons. The van der Waals surface area contributed by atoms with Gasteiger partial charge in [0.2, 0.25) is 0 Å². The van der Waals surface area contributed by atoms with Crippen LogP contribution in [-0.4, -0.2) is 69.6 Å². The van der Waals surface area contributed by atoms with Crippen LogP contribution in [-0.2, 0) is 19.1 Å². The Morgan fingerprint density at radius 2 is 1.81 bits per heavy atom. The molecule has 2 aromatic carbocycles. The number of halogens is 2. The Morgan fingerprint density at radius 1 is 1.10 bits per heavy atom. The summed E-state index contributed by atoms with van der Waals surface area (Å²) >= 11 is 12.4. The first-order valence-electron chi connectivity index (χ1n) is 12.5. The van der Waals surface area contributed by atoms with Crippen LogP contribution in [0.3, 0.4) is 0 Å². The van der Waals surface area contributed by atoms with Gasteiger partial charge in [-0.1, -0.05) is 29.3 Å². The maximum Gasteiger partial charge on any atom is 0.343 e. The Kier molecular flexibility index (Phi) is 11.7. The fourth-order valence-corrected chi connectivity index (χ4v) is 4.41. The second kappa shape index (κ2) is 15.1. The summed E-state index contributed by atoms with van der Waals surface area (Å²) in [6.07, 6.45) is 0.150. The number of nitrogens with zero attached hydrogens (tertiary/aromatic N) is 1. The van der Waals surface area contributed by atoms with Crippen LogP contribution in [0.15, 0.2) is 46.7 Å². The van der Waals surface area contributed by atoms with Crippen molar-refractivity contribution in [1.29, 1.82) is 0 Å². The highest BCUT2D eigenvalue weighted by molar-refractivity contribution is 6.37. The van der Waals surface area contributed by atoms with Crippen LogP contribution in [0.25, 0.3) is 0 Å². The van der Waals surface area contributed by atoms with Crippen molar-refractivity contribution in [3.8, 4) is 17.2 Å². The number of carbonyl (C=O) groups is 3. The largest absolute Gasteiger partial charge is 0.490 e. The molecule has 2 atom stereocenters. The third-order valence-electron chi connectivity index (χ3n) is 5.69. The molecule has 0 saturated carbocycles. The molecule has 1 aliphatic heterocycles. The van der Waals surface area contributed by atoms with Gasteiger partial charge in [-0.25, -0.2) is 14.4 Å². The molecule has 0 aliphatic carbocycles. The number of carbonyl (C=O) groups excluding carboxylic acids is 3. The molecular formula is C27H30Cl2N4O9. The number of esters is 2. The van der Waals surface area contributed by atoms with E-state index in [9.17, 15) is 19.5 Å². The number of aliphatic hydroxyl groups is 1. The van der Waals surface area contributed by atoms with E-state index in [1.165, 1.54) is 32.6 Å². The maximum atomic E-state index is 12.4. The molecule has 3 rings (SSSR count). The lowest BCUT2D eigenvalue weighted by Crippen LogP contribution is -2.45. The molecule has 4 N–H and O–H groups in total. The summed E-state index contributed by atoms with van der Waals surface area (Å²) < 4.78 is 26.1. The SMILES string of the molecule is CCOc1cc([C@@H]2NC(=O)NC(C)=C2C(=O)OC)ccc1OC[C@H](O)N/N=C\c1cc(Cl)c(OCC(=O)OC)c(Cl)c1. The molecule has 0 spiro atoms. The van der Waals surface area contributed by atoms with E-state index in [2.05, 4.69) is 25.9 Å². The summed E-state index contributed by atoms with van der Waals surface area (Å²) in [5.74, 6) is -0.419. The minimum absolute atomic E-state index is 0.119. The van der Waals surface area contributed by atoms with Gasteiger partial charge in [0.1, 0.15) is 6.61 Å². The predicted octanol–water partition coefficient (Wildman–Crippen LogP) is 3.07. The van der Waals surface area contributed by atoms with Crippen molar-refractivity contribution in [1.82, 2.24) is 16.1 Å². The van der Waals surface area contributed by atoms with Gasteiger partial charge in [-0.15, -0.1) is 0 Å². The first-order chi connectivity index (χ1) is 20.1. The molecule has 15 heteroatoms. The van der Waals surface area contributed by atoms with Crippen molar-refractivity contribution in [2.45, 2.75) is 26.1 Å². The van der Waals surface area contributed by atoms with Gasteiger partial charge in [-0.3, -0.25) is 5.43 Å². The molecule has 42 heavy (non-hydrogen) atoms. The number of hydrogen-bond donors (Lipinski definition) is 4. The van der Waals surface area contributed by atoms with Gasteiger partial charge < -0.3 is 39.4 Å². The standard InChI is InChI=1S/C27H30Cl2N4O9/c1-5-40-20-10-16(24-23(26(36)39-4)14(2)31-27(37)32-24)6-7-19(20)41-12-21(34)33-30-11-15-8-17(28)25(18(29)9-15)42-13-22(35)38-3/h6-11,21,24,33-34H,5,12-13H2,1-4H3,(H2,31,32,37)/b30-11-/t21-,24-/m0/s1. The number of amides is 2. The van der Waals surface area contributed by atoms with E-state index in [1.807, 2.05) is 0 Å². The van der Waals surface area contributed by atoms with Crippen molar-refractivity contribution in [2.75, 3.05) is 34.0 Å². The molecule has 2 amide bonds. The molecule has 13 nitrogen and oxygen atoms in total. The smallest absolute Gasteiger partial charge is 0.343 e. The minimum atomic E-state index is -1.22. The van der Waals surface area contributed by atoms with E-state index < -0.39 is 30.2 Å². The number of hydrogen-bond acceptors (Lipinski definition) is 11. The van der Waals surface area contributed by atoms with Gasteiger partial charge >= 0.3 is 18.0 Å². The lowest BCUT2D eigenvalue weighted by molar-refractivity contribution is -0.143. The first kappa shape index (κ1) is 32.3. The average Bonchev–Trinajstić information content (AvgIpc) is 2.95. The molecule has 1 heterocycles. The van der Waals surface area contributed by atoms with E-state index in [1.54, 1.807) is 32.0 Å². The summed E-state index contributed by atoms with van der Waals surface area (Å²) in [7, 11) is 2.49. The lowest BCUT2D eigenvalue weighted by Gasteiger charge is -2.28. The Bertz CT molecular complexity index is 1360. The zero-order valence-electron chi connectivity index (χ0n) is 23.2. The third kappa shape index (κ3) is 8.41. The number of methoxy groups -OCH3 is 2. The Hall–Kier alpha value is -4.20. The van der Waals surface area contributed by atoms with E-state index >= 15 is 0 Å². The van der Waals surface area contributed by atoms with Gasteiger partial charge in [-0.2, -0.15) is 5.10 Å². The van der Waals surface area contributed by atoms with Crippen LogP contribution in [0.4, 0.5) is 4.79 Å². The molecule has 0 radical (unpaired) electrons. The second-order valence-electron chi connectivity index (χ2n) is 8.59. The van der Waals surface area contributed by atoms with Crippen molar-refractivity contribution in [3.05, 3.63) is 62.8 Å². The number of benzene rings is 2. The highest BCUT2D eigenvalue weighted by Gasteiger charge is 2.32. The number of nitrogens with one attached hydrogen (secondary N) is 3. The topological polar surface area (TPSA) is 166 Å². The predicted molar refractivity (Wildman–Crippen MR) is 153 cm³/mol. The van der Waals surface area contributed by atoms with Gasteiger partial charge in [0.25, 0.3) is 0 Å². The fourth-order valence-electron chi connectivity index (χ4n) is 3.80. The summed E-state index contributed by atoms with van der Waals surface area (Å²) in [6, 6.07) is 6.67. The molecule has 0 aromatic heterocycles. The van der Waals surface area contributed by atoms with Crippen LogP contribution < -0.4 is 30.3 Å². The third-order valence-corrected chi connectivity index (χ3v) is 6.25. The van der Waals surface area contributed by atoms with E-state index in [-0.39, 0.29) is 34.6 Å². The van der Waals surface area contributed by atoms with E-state index in [0.717, 1.165) is 0 Å². The fraction of sp³-hybridized carbons (Fsp3) is 0.333. The number of aliphatic hydroxyl groups excluding tert-OH is 1. The summed E-state index contributed by atoms with van der Waals surface area (Å²) in [5.41, 5.74) is 4.19. The number of urea groups is 1. The Morgan fingerprint density at radius 3 is 2.45 bits per heavy atom. The maximum absolute atomic E-state index is 12.4. The van der Waals surface area contributed by atoms with Crippen molar-refractivity contribution >= 4 is 47.4 Å². The highest BCUT2D eigenvalue weighted by atomic mass is 35.5. The van der Waals surface area contributed by atoms with E-state index in [4.69, 9.17) is 42.1 Å². The number of rotatable bonds is 13. The number of hydrazone groups is 1. The zero-order chi connectivity index (χ0) is 30.8. The van der Waals surface area contributed by atoms with Crippen LogP contribution in [0.1, 0.15) is 31.0 Å². The quantitative estimate of drug-likeness (QED) is 0.113. The average molecular weight is 625 g/mol. The van der Waals surface area contributed by atoms with Gasteiger partial charge in [0, 0.05) is 5.70 Å². The lowest BCUT2D eigenvalue weighted by atomic mass is 9.95. The van der Waals surface area contributed by atoms with Crippen molar-refractivity contribution in [3.63, 3.8) is 0 Å². The Balaban J connectivity index is 1.65. The van der Waals surface area contributed by atoms with Crippen molar-refractivity contribution < 1.29 is 43.2 Å². The molecule has 2 aromatic rings. The van der Waals surface area contributed by atoms with E-state index in [0.29, 0.717) is 34.9 Å².